The molecule has 6 heteroatoms. The molecule has 1 N–H and O–H groups in total. The molecular weight excluding hydrogens is 588 g/mol. The summed E-state index contributed by atoms with van der Waals surface area (Å²) in [6.45, 7) is 15.7. The predicted octanol–water partition coefficient (Wildman–Crippen LogP) is 11.2. The maximum absolute atomic E-state index is 11.2. The summed E-state index contributed by atoms with van der Waals surface area (Å²) in [7, 11) is 0. The van der Waals surface area contributed by atoms with Gasteiger partial charge in [-0.25, -0.2) is 0 Å². The van der Waals surface area contributed by atoms with Crippen molar-refractivity contribution < 1.29 is 5.21 Å². The molecule has 0 rings (SSSR count). The summed E-state index contributed by atoms with van der Waals surface area (Å²) >= 11 is 9.04. The molecule has 0 spiro atoms. The minimum absolute atomic E-state index is 0.842. The van der Waals surface area contributed by atoms with Gasteiger partial charge >= 0.3 is 233 Å². The summed E-state index contributed by atoms with van der Waals surface area (Å²) < 4.78 is 0. The number of unbranched alkanes of at least 4 members (excludes halogenated alkanes) is 6. The van der Waals surface area contributed by atoms with E-state index in [1.807, 2.05) is 0 Å². The quantitative estimate of drug-likeness (QED) is 0.0829. The first-order valence-electron chi connectivity index (χ1n) is 14.9. The van der Waals surface area contributed by atoms with Crippen molar-refractivity contribution in [1.82, 2.24) is 5.06 Å². The van der Waals surface area contributed by atoms with Crippen LogP contribution in [-0.4, -0.2) is 72.7 Å². The molecule has 0 aliphatic rings. The van der Waals surface area contributed by atoms with E-state index in [4.69, 9.17) is 0 Å². The maximum atomic E-state index is 11.2. The molecule has 0 unspecified atom stereocenters. The van der Waals surface area contributed by atoms with Gasteiger partial charge in [0, 0.05) is 0 Å². The van der Waals surface area contributed by atoms with Crippen LogP contribution >= 0.6 is 41.6 Å². The van der Waals surface area contributed by atoms with E-state index in [-0.39, 0.29) is 0 Å². The van der Waals surface area contributed by atoms with E-state index in [1.165, 1.54) is 126 Å². The molecule has 0 heterocycles. The van der Waals surface area contributed by atoms with Crippen molar-refractivity contribution in [2.75, 3.05) is 62.4 Å². The van der Waals surface area contributed by atoms with Crippen LogP contribution in [0.1, 0.15) is 119 Å². The number of halogens is 2. The summed E-state index contributed by atoms with van der Waals surface area (Å²) in [5.41, 5.74) is 0. The van der Waals surface area contributed by atoms with Gasteiger partial charge in [0.15, 0.2) is 0 Å². The van der Waals surface area contributed by atoms with E-state index in [2.05, 4.69) is 72.5 Å². The molecule has 0 aromatic heterocycles. The first-order valence-corrected chi connectivity index (χ1v) is 24.9. The van der Waals surface area contributed by atoms with E-state index in [1.54, 1.807) is 5.06 Å². The Labute approximate surface area is 231 Å². The minimum atomic E-state index is -1.96. The fourth-order valence-corrected chi connectivity index (χ4v) is 21.8. The van der Waals surface area contributed by atoms with Crippen molar-refractivity contribution in [2.24, 2.45) is 0 Å². The van der Waals surface area contributed by atoms with Crippen LogP contribution in [-0.2, 0) is 0 Å². The van der Waals surface area contributed by atoms with Crippen molar-refractivity contribution in [3.63, 3.8) is 0 Å². The van der Waals surface area contributed by atoms with E-state index < -0.39 is 10.6 Å². The van der Waals surface area contributed by atoms with Crippen molar-refractivity contribution >= 4 is 41.6 Å². The zero-order chi connectivity index (χ0) is 26.0. The van der Waals surface area contributed by atoms with Crippen LogP contribution in [0.2, 0.25) is 0 Å². The topological polar surface area (TPSA) is 23.5 Å². The van der Waals surface area contributed by atoms with Crippen LogP contribution in [0.4, 0.5) is 0 Å². The molecule has 0 radical (unpaired) electrons. The van der Waals surface area contributed by atoms with Gasteiger partial charge in [0.05, 0.1) is 0 Å². The van der Waals surface area contributed by atoms with Gasteiger partial charge in [-0.1, -0.05) is 0 Å². The van der Waals surface area contributed by atoms with Gasteiger partial charge < -0.3 is 0 Å². The Morgan fingerprint density at radius 3 is 0.824 bits per heavy atom. The van der Waals surface area contributed by atoms with E-state index >= 15 is 0 Å². The second-order valence-corrected chi connectivity index (χ2v) is 34.4. The molecule has 34 heavy (non-hydrogen) atoms. The van der Waals surface area contributed by atoms with Crippen LogP contribution in [0.15, 0.2) is 0 Å². The summed E-state index contributed by atoms with van der Waals surface area (Å²) in [4.78, 5) is 0. The second-order valence-electron chi connectivity index (χ2n) is 11.5. The fourth-order valence-electron chi connectivity index (χ4n) is 5.50. The average molecular weight is 652 g/mol. The Hall–Kier alpha value is 1.74. The first kappa shape index (κ1) is 35.7. The number of rotatable bonds is 24. The normalized spacial score (nSPS) is 15.2. The van der Waals surface area contributed by atoms with Gasteiger partial charge in [-0.15, -0.1) is 0 Å². The third kappa shape index (κ3) is 13.5. The molecule has 0 aliphatic carbocycles. The Morgan fingerprint density at radius 1 is 0.441 bits per heavy atom. The molecule has 0 fully saturated rings. The number of hydrogen-bond donors (Lipinski definition) is 1. The summed E-state index contributed by atoms with van der Waals surface area (Å²) in [6.07, 6.45) is 26.1. The summed E-state index contributed by atoms with van der Waals surface area (Å²) in [6, 6.07) is 0. The Kier molecular flexibility index (Phi) is 19.0. The van der Waals surface area contributed by atoms with Crippen LogP contribution in [0.3, 0.4) is 0 Å². The zero-order valence-corrected chi connectivity index (χ0v) is 29.1. The first-order chi connectivity index (χ1) is 16.1. The van der Waals surface area contributed by atoms with E-state index in [0.29, 0.717) is 0 Å². The summed E-state index contributed by atoms with van der Waals surface area (Å²) in [5, 5.41) is 9.00. The summed E-state index contributed by atoms with van der Waals surface area (Å²) in [5.74, 6) is 0. The standard InChI is InChI=1S/C28H63Br2NOP2/c1-7-13-21-33(29,22-14-8-2,23-15-9-3)27-19-31(32)20-28-34(30,24-16-10-4,25-17-11-5)26-18-12-6/h32H,7-28H2,1-6H3. The van der Waals surface area contributed by atoms with Crippen molar-refractivity contribution in [3.8, 4) is 0 Å². The van der Waals surface area contributed by atoms with Gasteiger partial charge in [0.1, 0.15) is 0 Å². The van der Waals surface area contributed by atoms with Gasteiger partial charge in [0.2, 0.25) is 0 Å². The van der Waals surface area contributed by atoms with Gasteiger partial charge in [0.25, 0.3) is 0 Å². The van der Waals surface area contributed by atoms with Crippen LogP contribution in [0.25, 0.3) is 0 Å². The Morgan fingerprint density at radius 2 is 0.647 bits per heavy atom. The third-order valence-corrected chi connectivity index (χ3v) is 28.0. The van der Waals surface area contributed by atoms with Crippen molar-refractivity contribution in [3.05, 3.63) is 0 Å². The average Bonchev–Trinajstić information content (AvgIpc) is 2.85. The molecular formula is C28H63Br2NOP2. The predicted molar refractivity (Wildman–Crippen MR) is 173 cm³/mol. The van der Waals surface area contributed by atoms with Crippen LogP contribution in [0.5, 0.6) is 0 Å². The number of hydrogen-bond acceptors (Lipinski definition) is 2. The molecule has 2 nitrogen and oxygen atoms in total. The number of nitrogens with zero attached hydrogens (tertiary/aromatic N) is 1. The SMILES string of the molecule is CCCCP(Br)(CCCC)(CCCC)CCN(O)CCP(Br)(CCCC)(CCCC)CCCC. The van der Waals surface area contributed by atoms with Crippen molar-refractivity contribution in [2.45, 2.75) is 119 Å². The molecule has 210 valence electrons. The van der Waals surface area contributed by atoms with Gasteiger partial charge in [-0.3, -0.25) is 0 Å². The molecule has 0 aromatic rings. The van der Waals surface area contributed by atoms with Crippen LogP contribution in [0, 0.1) is 0 Å². The second kappa shape index (κ2) is 18.1. The fraction of sp³-hybridized carbons (Fsp3) is 1.00. The Bertz CT molecular complexity index is 428. The number of hydroxylamine groups is 2. The van der Waals surface area contributed by atoms with Crippen LogP contribution < -0.4 is 0 Å². The van der Waals surface area contributed by atoms with E-state index in [9.17, 15) is 5.21 Å². The molecule has 0 saturated carbocycles. The third-order valence-electron chi connectivity index (χ3n) is 8.26. The molecule has 0 aromatic carbocycles. The van der Waals surface area contributed by atoms with Gasteiger partial charge in [-0.2, -0.15) is 0 Å². The van der Waals surface area contributed by atoms with Gasteiger partial charge in [-0.05, 0) is 0 Å². The molecule has 0 saturated heterocycles. The molecule has 0 bridgehead atoms. The zero-order valence-electron chi connectivity index (χ0n) is 24.1. The molecule has 0 amide bonds. The Balaban J connectivity index is 5.50. The van der Waals surface area contributed by atoms with Crippen molar-refractivity contribution in [1.29, 1.82) is 0 Å². The van der Waals surface area contributed by atoms with E-state index in [0.717, 1.165) is 13.1 Å². The molecule has 0 aliphatic heterocycles. The monoisotopic (exact) mass is 649 g/mol. The molecule has 0 atom stereocenters.